The normalized spacial score (nSPS) is 12.9. The highest BCUT2D eigenvalue weighted by atomic mass is 16.5. The second-order valence-electron chi connectivity index (χ2n) is 3.95. The minimum atomic E-state index is -0.256. The fourth-order valence-electron chi connectivity index (χ4n) is 1.14. The van der Waals surface area contributed by atoms with Gasteiger partial charge in [0.15, 0.2) is 0 Å². The molecule has 1 unspecified atom stereocenters. The first kappa shape index (κ1) is 14.4. The monoisotopic (exact) mass is 217 g/mol. The minimum absolute atomic E-state index is 0.232. The van der Waals surface area contributed by atoms with Crippen molar-refractivity contribution in [1.82, 2.24) is 5.32 Å². The number of hydrogen-bond acceptors (Lipinski definition) is 4. The van der Waals surface area contributed by atoms with Gasteiger partial charge in [-0.15, -0.1) is 0 Å². The Kier molecular flexibility index (Phi) is 8.33. The molecule has 90 valence electrons. The molecular weight excluding hydrogens is 194 g/mol. The molecule has 0 spiro atoms. The van der Waals surface area contributed by atoms with E-state index in [-0.39, 0.29) is 12.0 Å². The Labute approximate surface area is 92.3 Å². The number of hydrogen-bond donors (Lipinski definition) is 1. The van der Waals surface area contributed by atoms with Crippen molar-refractivity contribution in [3.05, 3.63) is 0 Å². The van der Waals surface area contributed by atoms with Crippen LogP contribution in [0.1, 0.15) is 26.7 Å². The van der Waals surface area contributed by atoms with Gasteiger partial charge < -0.3 is 14.8 Å². The third-order valence-corrected chi connectivity index (χ3v) is 2.22. The summed E-state index contributed by atoms with van der Waals surface area (Å²) in [6.45, 7) is 5.67. The second-order valence-corrected chi connectivity index (χ2v) is 3.95. The zero-order valence-electron chi connectivity index (χ0n) is 10.2. The quantitative estimate of drug-likeness (QED) is 0.490. The van der Waals surface area contributed by atoms with E-state index >= 15 is 0 Å². The topological polar surface area (TPSA) is 47.6 Å². The number of carbonyl (C=O) groups excluding carboxylic acids is 1. The highest BCUT2D eigenvalue weighted by Crippen LogP contribution is 2.00. The van der Waals surface area contributed by atoms with E-state index < -0.39 is 0 Å². The van der Waals surface area contributed by atoms with Gasteiger partial charge in [0.2, 0.25) is 0 Å². The van der Waals surface area contributed by atoms with Crippen molar-refractivity contribution < 1.29 is 14.3 Å². The summed E-state index contributed by atoms with van der Waals surface area (Å²) in [6.07, 6.45) is 1.71. The lowest BCUT2D eigenvalue weighted by atomic mass is 10.1. The van der Waals surface area contributed by atoms with Crippen LogP contribution in [-0.4, -0.2) is 39.4 Å². The first-order valence-corrected chi connectivity index (χ1v) is 5.44. The van der Waals surface area contributed by atoms with Crippen molar-refractivity contribution in [2.24, 2.45) is 5.92 Å². The van der Waals surface area contributed by atoms with Gasteiger partial charge in [-0.3, -0.25) is 4.79 Å². The van der Waals surface area contributed by atoms with E-state index in [4.69, 9.17) is 4.74 Å². The molecule has 0 amide bonds. The molecule has 0 bridgehead atoms. The van der Waals surface area contributed by atoms with Gasteiger partial charge >= 0.3 is 5.97 Å². The zero-order valence-corrected chi connectivity index (χ0v) is 10.2. The van der Waals surface area contributed by atoms with Crippen molar-refractivity contribution in [3.63, 3.8) is 0 Å². The molecule has 0 aliphatic heterocycles. The summed E-state index contributed by atoms with van der Waals surface area (Å²) >= 11 is 0. The van der Waals surface area contributed by atoms with Crippen molar-refractivity contribution in [1.29, 1.82) is 0 Å². The number of esters is 1. The van der Waals surface area contributed by atoms with E-state index in [1.807, 2.05) is 0 Å². The molecule has 0 rings (SSSR count). The average molecular weight is 217 g/mol. The van der Waals surface area contributed by atoms with Gasteiger partial charge in [-0.2, -0.15) is 0 Å². The minimum Gasteiger partial charge on any atom is -0.468 e. The fraction of sp³-hybridized carbons (Fsp3) is 0.909. The third-order valence-electron chi connectivity index (χ3n) is 2.22. The summed E-state index contributed by atoms with van der Waals surface area (Å²) in [6, 6.07) is -0.256. The summed E-state index contributed by atoms with van der Waals surface area (Å²) < 4.78 is 10.1. The maximum Gasteiger partial charge on any atom is 0.322 e. The fourth-order valence-corrected chi connectivity index (χ4v) is 1.14. The van der Waals surface area contributed by atoms with E-state index in [9.17, 15) is 4.79 Å². The average Bonchev–Trinajstić information content (AvgIpc) is 2.22. The van der Waals surface area contributed by atoms with Crippen molar-refractivity contribution in [2.75, 3.05) is 27.4 Å². The molecule has 0 saturated heterocycles. The summed E-state index contributed by atoms with van der Waals surface area (Å²) in [5.41, 5.74) is 0. The Bertz CT molecular complexity index is 171. The molecule has 1 N–H and O–H groups in total. The van der Waals surface area contributed by atoms with Gasteiger partial charge in [0.1, 0.15) is 6.04 Å². The molecule has 15 heavy (non-hydrogen) atoms. The molecule has 4 nitrogen and oxygen atoms in total. The molecule has 4 heteroatoms. The Morgan fingerprint density at radius 1 is 1.27 bits per heavy atom. The molecular formula is C11H23NO3. The van der Waals surface area contributed by atoms with Gasteiger partial charge in [0, 0.05) is 13.2 Å². The third kappa shape index (κ3) is 7.33. The van der Waals surface area contributed by atoms with Crippen LogP contribution < -0.4 is 5.32 Å². The SMILES string of the molecule is CNC(CCOCCC(C)C)C(=O)OC. The zero-order chi connectivity index (χ0) is 11.7. The lowest BCUT2D eigenvalue weighted by Crippen LogP contribution is -2.36. The molecule has 0 aromatic heterocycles. The molecule has 0 fully saturated rings. The van der Waals surface area contributed by atoms with Crippen LogP contribution in [0.2, 0.25) is 0 Å². The number of methoxy groups -OCH3 is 1. The summed E-state index contributed by atoms with van der Waals surface area (Å²) in [5.74, 6) is 0.427. The largest absolute Gasteiger partial charge is 0.468 e. The Balaban J connectivity index is 3.51. The van der Waals surface area contributed by atoms with E-state index in [1.54, 1.807) is 7.05 Å². The van der Waals surface area contributed by atoms with Gasteiger partial charge in [-0.25, -0.2) is 0 Å². The van der Waals surface area contributed by atoms with Gasteiger partial charge in [-0.05, 0) is 25.8 Å². The van der Waals surface area contributed by atoms with Crippen molar-refractivity contribution in [3.8, 4) is 0 Å². The molecule has 0 saturated carbocycles. The molecule has 0 heterocycles. The van der Waals surface area contributed by atoms with Crippen LogP contribution in [0.5, 0.6) is 0 Å². The van der Waals surface area contributed by atoms with Crippen LogP contribution in [-0.2, 0) is 14.3 Å². The first-order valence-electron chi connectivity index (χ1n) is 5.44. The predicted octanol–water partition coefficient (Wildman–Crippen LogP) is 1.20. The highest BCUT2D eigenvalue weighted by Gasteiger charge is 2.15. The van der Waals surface area contributed by atoms with E-state index in [2.05, 4.69) is 23.9 Å². The molecule has 0 aliphatic carbocycles. The molecule has 0 radical (unpaired) electrons. The second kappa shape index (κ2) is 8.68. The summed E-state index contributed by atoms with van der Waals surface area (Å²) in [5, 5.41) is 2.90. The lowest BCUT2D eigenvalue weighted by Gasteiger charge is -2.13. The maximum absolute atomic E-state index is 11.2. The standard InChI is InChI=1S/C11H23NO3/c1-9(2)5-7-15-8-6-10(12-3)11(13)14-4/h9-10,12H,5-8H2,1-4H3. The Morgan fingerprint density at radius 3 is 2.33 bits per heavy atom. The van der Waals surface area contributed by atoms with Crippen molar-refractivity contribution in [2.45, 2.75) is 32.7 Å². The number of ether oxygens (including phenoxy) is 2. The number of carbonyl (C=O) groups is 1. The van der Waals surface area contributed by atoms with Crippen LogP contribution in [0, 0.1) is 5.92 Å². The van der Waals surface area contributed by atoms with E-state index in [0.717, 1.165) is 13.0 Å². The first-order chi connectivity index (χ1) is 7.11. The van der Waals surface area contributed by atoms with E-state index in [1.165, 1.54) is 7.11 Å². The van der Waals surface area contributed by atoms with E-state index in [0.29, 0.717) is 18.9 Å². The number of nitrogens with one attached hydrogen (secondary N) is 1. The highest BCUT2D eigenvalue weighted by molar-refractivity contribution is 5.75. The van der Waals surface area contributed by atoms with Crippen LogP contribution >= 0.6 is 0 Å². The molecule has 0 aromatic carbocycles. The molecule has 0 aliphatic rings. The maximum atomic E-state index is 11.2. The predicted molar refractivity (Wildman–Crippen MR) is 59.8 cm³/mol. The number of rotatable bonds is 8. The molecule has 1 atom stereocenters. The molecule has 0 aromatic rings. The Hall–Kier alpha value is -0.610. The summed E-state index contributed by atoms with van der Waals surface area (Å²) in [7, 11) is 3.14. The lowest BCUT2D eigenvalue weighted by molar-refractivity contribution is -0.143. The number of likely N-dealkylation sites (N-methyl/N-ethyl adjacent to an activating group) is 1. The smallest absolute Gasteiger partial charge is 0.322 e. The van der Waals surface area contributed by atoms with Crippen LogP contribution in [0.25, 0.3) is 0 Å². The van der Waals surface area contributed by atoms with Crippen LogP contribution in [0.4, 0.5) is 0 Å². The summed E-state index contributed by atoms with van der Waals surface area (Å²) in [4.78, 5) is 11.2. The van der Waals surface area contributed by atoms with Crippen LogP contribution in [0.3, 0.4) is 0 Å². The van der Waals surface area contributed by atoms with Gasteiger partial charge in [0.05, 0.1) is 7.11 Å². The van der Waals surface area contributed by atoms with Crippen molar-refractivity contribution >= 4 is 5.97 Å². The Morgan fingerprint density at radius 2 is 1.87 bits per heavy atom. The van der Waals surface area contributed by atoms with Crippen LogP contribution in [0.15, 0.2) is 0 Å². The van der Waals surface area contributed by atoms with Gasteiger partial charge in [0.25, 0.3) is 0 Å². The van der Waals surface area contributed by atoms with Gasteiger partial charge in [-0.1, -0.05) is 13.8 Å².